The lowest BCUT2D eigenvalue weighted by atomic mass is 10.1. The molecular weight excluding hydrogens is 952 g/mol. The van der Waals surface area contributed by atoms with Gasteiger partial charge < -0.3 is 28.5 Å². The van der Waals surface area contributed by atoms with Crippen LogP contribution in [0.5, 0.6) is 0 Å². The number of quaternary nitrogens is 1. The molecule has 0 radical (unpaired) electrons. The van der Waals surface area contributed by atoms with Crippen molar-refractivity contribution in [3.8, 4) is 0 Å². The smallest absolute Gasteiger partial charge is 0.306 e. The van der Waals surface area contributed by atoms with Crippen molar-refractivity contribution < 1.29 is 37.3 Å². The van der Waals surface area contributed by atoms with Gasteiger partial charge in [-0.15, -0.1) is 0 Å². The Morgan fingerprint density at radius 3 is 1.31 bits per heavy atom. The Morgan fingerprint density at radius 1 is 0.480 bits per heavy atom. The molecule has 0 saturated heterocycles. The highest BCUT2D eigenvalue weighted by Crippen LogP contribution is 2.38. The molecule has 10 heteroatoms. The molecule has 0 aromatic carbocycles. The molecule has 0 aliphatic rings. The van der Waals surface area contributed by atoms with E-state index in [4.69, 9.17) is 13.8 Å². The van der Waals surface area contributed by atoms with E-state index in [9.17, 15) is 19.0 Å². The third-order valence-electron chi connectivity index (χ3n) is 11.8. The number of esters is 1. The van der Waals surface area contributed by atoms with Gasteiger partial charge in [-0.1, -0.05) is 212 Å². The van der Waals surface area contributed by atoms with Crippen LogP contribution in [0.15, 0.2) is 146 Å². The van der Waals surface area contributed by atoms with E-state index >= 15 is 0 Å². The van der Waals surface area contributed by atoms with Gasteiger partial charge in [-0.3, -0.25) is 14.2 Å². The van der Waals surface area contributed by atoms with Gasteiger partial charge in [0.05, 0.1) is 33.8 Å². The average Bonchev–Trinajstić information content (AvgIpc) is 3.37. The zero-order valence-corrected chi connectivity index (χ0v) is 49.1. The molecular formula is C65H107N2O7P. The summed E-state index contributed by atoms with van der Waals surface area (Å²) in [6.45, 7) is 6.49. The van der Waals surface area contributed by atoms with Crippen LogP contribution in [-0.4, -0.2) is 69.4 Å². The molecule has 0 heterocycles. The number of nitrogens with zero attached hydrogens (tertiary/aromatic N) is 1. The molecule has 0 bridgehead atoms. The second-order valence-corrected chi connectivity index (χ2v) is 21.4. The highest BCUT2D eigenvalue weighted by Gasteiger charge is 2.27. The molecule has 0 rings (SSSR count). The summed E-state index contributed by atoms with van der Waals surface area (Å²) in [5.41, 5.74) is 0. The van der Waals surface area contributed by atoms with Gasteiger partial charge in [0, 0.05) is 12.8 Å². The van der Waals surface area contributed by atoms with Crippen molar-refractivity contribution in [1.29, 1.82) is 0 Å². The first-order valence-corrected chi connectivity index (χ1v) is 30.6. The zero-order chi connectivity index (χ0) is 55.0. The van der Waals surface area contributed by atoms with Crippen molar-refractivity contribution >= 4 is 19.7 Å². The minimum atomic E-state index is -4.73. The van der Waals surface area contributed by atoms with Crippen LogP contribution >= 0.6 is 7.82 Å². The van der Waals surface area contributed by atoms with Gasteiger partial charge in [0.2, 0.25) is 5.91 Å². The molecule has 1 amide bonds. The second-order valence-electron chi connectivity index (χ2n) is 20.0. The topological polar surface area (TPSA) is 114 Å². The molecule has 424 valence electrons. The quantitative estimate of drug-likeness (QED) is 0.0212. The Hall–Kier alpha value is -4.11. The lowest BCUT2D eigenvalue weighted by molar-refractivity contribution is -0.870. The number of amides is 1. The van der Waals surface area contributed by atoms with E-state index in [0.29, 0.717) is 30.3 Å². The van der Waals surface area contributed by atoms with E-state index in [0.717, 1.165) is 103 Å². The van der Waals surface area contributed by atoms with Crippen LogP contribution in [0.4, 0.5) is 0 Å². The molecule has 0 aromatic heterocycles. The highest BCUT2D eigenvalue weighted by molar-refractivity contribution is 7.45. The first kappa shape index (κ1) is 70.9. The monoisotopic (exact) mass is 1060 g/mol. The van der Waals surface area contributed by atoms with E-state index in [1.54, 1.807) is 6.08 Å². The van der Waals surface area contributed by atoms with Crippen molar-refractivity contribution in [3.05, 3.63) is 146 Å². The number of ether oxygens (including phenoxy) is 1. The van der Waals surface area contributed by atoms with Crippen molar-refractivity contribution in [1.82, 2.24) is 5.32 Å². The number of rotatable bonds is 50. The number of carbonyl (C=O) groups is 2. The Kier molecular flexibility index (Phi) is 50.4. The predicted molar refractivity (Wildman–Crippen MR) is 320 cm³/mol. The molecule has 0 spiro atoms. The fourth-order valence-corrected chi connectivity index (χ4v) is 8.05. The lowest BCUT2D eigenvalue weighted by Crippen LogP contribution is -2.47. The standard InChI is InChI=1S/C65H107N2O7P/c1-7-10-13-16-19-22-25-27-29-31-32-33-34-36-38-40-43-46-49-52-55-58-65(69)74-63(56-53-50-47-44-41-24-21-18-15-12-9-3)62(61-73-75(70,71)72-60-59-67(4,5)6)66-64(68)57-54-51-48-45-42-39-37-35-30-28-26-23-20-17-14-11-8-2/h10-11,13-14,19-20,22-23,27-30,32-33,36-39,43,45-46,48,53,56,62-63H,7-9,12,15-18,21,24-26,31,34-35,40-42,44,47,49-52,54-55,57-61H2,1-6H3,(H-,66,68,70,71)/b13-10-,14-11-,22-19-,23-20-,29-27-,30-28-,33-32-,38-36-,39-37-,46-43-,48-45-,56-53+. The van der Waals surface area contributed by atoms with Crippen LogP contribution in [0.2, 0.25) is 0 Å². The zero-order valence-electron chi connectivity index (χ0n) is 48.2. The highest BCUT2D eigenvalue weighted by atomic mass is 31.2. The molecule has 75 heavy (non-hydrogen) atoms. The van der Waals surface area contributed by atoms with Crippen molar-refractivity contribution in [2.75, 3.05) is 40.9 Å². The molecule has 1 N–H and O–H groups in total. The van der Waals surface area contributed by atoms with Crippen LogP contribution in [-0.2, 0) is 27.9 Å². The number of unbranched alkanes of at least 4 members (excludes halogenated alkanes) is 12. The summed E-state index contributed by atoms with van der Waals surface area (Å²) >= 11 is 0. The van der Waals surface area contributed by atoms with Gasteiger partial charge in [0.1, 0.15) is 19.3 Å². The summed E-state index contributed by atoms with van der Waals surface area (Å²) in [6.07, 6.45) is 76.9. The number of phosphoric acid groups is 1. The second kappa shape index (κ2) is 53.3. The van der Waals surface area contributed by atoms with E-state index in [-0.39, 0.29) is 25.4 Å². The Labute approximate surface area is 459 Å². The summed E-state index contributed by atoms with van der Waals surface area (Å²) in [5.74, 6) is -0.676. The van der Waals surface area contributed by atoms with E-state index in [1.165, 1.54) is 44.9 Å². The molecule has 0 aliphatic heterocycles. The van der Waals surface area contributed by atoms with Crippen LogP contribution in [0, 0.1) is 0 Å². The average molecular weight is 1060 g/mol. The molecule has 0 saturated carbocycles. The summed E-state index contributed by atoms with van der Waals surface area (Å²) in [5, 5.41) is 2.97. The minimum Gasteiger partial charge on any atom is -0.756 e. The van der Waals surface area contributed by atoms with Crippen molar-refractivity contribution in [2.45, 2.75) is 213 Å². The normalized spacial score (nSPS) is 14.8. The molecule has 9 nitrogen and oxygen atoms in total. The lowest BCUT2D eigenvalue weighted by Gasteiger charge is -2.30. The third kappa shape index (κ3) is 54.5. The van der Waals surface area contributed by atoms with E-state index in [2.05, 4.69) is 160 Å². The van der Waals surface area contributed by atoms with Gasteiger partial charge in [-0.05, 0) is 122 Å². The number of likely N-dealkylation sites (N-methyl/N-ethyl adjacent to an activating group) is 1. The van der Waals surface area contributed by atoms with Crippen molar-refractivity contribution in [3.63, 3.8) is 0 Å². The molecule has 0 aromatic rings. The first-order chi connectivity index (χ1) is 36.4. The van der Waals surface area contributed by atoms with Crippen LogP contribution in [0.3, 0.4) is 0 Å². The Bertz CT molecular complexity index is 1790. The maximum Gasteiger partial charge on any atom is 0.306 e. The van der Waals surface area contributed by atoms with Gasteiger partial charge in [-0.2, -0.15) is 0 Å². The van der Waals surface area contributed by atoms with E-state index < -0.39 is 32.5 Å². The number of nitrogens with one attached hydrogen (secondary N) is 1. The number of hydrogen-bond donors (Lipinski definition) is 1. The van der Waals surface area contributed by atoms with Crippen molar-refractivity contribution in [2.24, 2.45) is 0 Å². The van der Waals surface area contributed by atoms with Crippen LogP contribution in [0.1, 0.15) is 201 Å². The predicted octanol–water partition coefficient (Wildman–Crippen LogP) is 17.2. The van der Waals surface area contributed by atoms with Crippen LogP contribution in [0.25, 0.3) is 0 Å². The summed E-state index contributed by atoms with van der Waals surface area (Å²) in [4.78, 5) is 39.8. The van der Waals surface area contributed by atoms with Gasteiger partial charge in [0.15, 0.2) is 0 Å². The molecule has 3 atom stereocenters. The SMILES string of the molecule is CC/C=C\C/C=C\C/C=C\C/C=C\C/C=C\C/C=C\CCCCC(=O)OC(/C=C/CCCCCCCCCCC)C(COP(=O)([O-])OCC[N+](C)(C)C)NC(=O)CCC/C=C\C/C=C\C/C=C\C/C=C\C/C=C\CC. The Morgan fingerprint density at radius 2 is 0.867 bits per heavy atom. The Balaban J connectivity index is 5.47. The fourth-order valence-electron chi connectivity index (χ4n) is 7.32. The molecule has 0 fully saturated rings. The molecule has 3 unspecified atom stereocenters. The maximum absolute atomic E-state index is 13.5. The maximum atomic E-state index is 13.5. The number of phosphoric ester groups is 1. The van der Waals surface area contributed by atoms with Gasteiger partial charge in [0.25, 0.3) is 7.82 Å². The van der Waals surface area contributed by atoms with Gasteiger partial charge >= 0.3 is 5.97 Å². The summed E-state index contributed by atoms with van der Waals surface area (Å²) in [7, 11) is 1.10. The summed E-state index contributed by atoms with van der Waals surface area (Å²) < 4.78 is 30.1. The number of carbonyl (C=O) groups excluding carboxylic acids is 2. The first-order valence-electron chi connectivity index (χ1n) is 29.1. The largest absolute Gasteiger partial charge is 0.756 e. The van der Waals surface area contributed by atoms with Gasteiger partial charge in [-0.25, -0.2) is 0 Å². The van der Waals surface area contributed by atoms with E-state index in [1.807, 2.05) is 27.2 Å². The number of allylic oxidation sites excluding steroid dienone is 23. The fraction of sp³-hybridized carbons (Fsp3) is 0.600. The number of hydrogen-bond acceptors (Lipinski definition) is 7. The summed E-state index contributed by atoms with van der Waals surface area (Å²) in [6, 6.07) is -0.947. The third-order valence-corrected chi connectivity index (χ3v) is 12.7. The molecule has 0 aliphatic carbocycles. The minimum absolute atomic E-state index is 0.0489. The van der Waals surface area contributed by atoms with Crippen LogP contribution < -0.4 is 10.2 Å².